The van der Waals surface area contributed by atoms with Gasteiger partial charge in [0.05, 0.1) is 5.52 Å². The van der Waals surface area contributed by atoms with E-state index in [1.165, 1.54) is 0 Å². The highest BCUT2D eigenvalue weighted by molar-refractivity contribution is 9.10. The molecule has 3 rings (SSSR count). The number of nitrogens with zero attached hydrogens (tertiary/aromatic N) is 1. The maximum atomic E-state index is 12.6. The second-order valence-corrected chi connectivity index (χ2v) is 6.03. The summed E-state index contributed by atoms with van der Waals surface area (Å²) in [6.07, 6.45) is 1.94. The number of benzene rings is 2. The lowest BCUT2D eigenvalue weighted by Gasteiger charge is -2.07. The molecule has 0 aliphatic heterocycles. The molecule has 0 saturated heterocycles. The maximum absolute atomic E-state index is 12.6. The van der Waals surface area contributed by atoms with Gasteiger partial charge in [-0.2, -0.15) is 0 Å². The number of carbonyl (C=O) groups excluding carboxylic acids is 1. The minimum absolute atomic E-state index is 0.0397. The van der Waals surface area contributed by atoms with Crippen LogP contribution in [0.5, 0.6) is 0 Å². The molecular weight excluding hydrogens is 350 g/mol. The van der Waals surface area contributed by atoms with Gasteiger partial charge in [0.1, 0.15) is 0 Å². The summed E-state index contributed by atoms with van der Waals surface area (Å²) in [5, 5.41) is 1.47. The van der Waals surface area contributed by atoms with Crippen molar-refractivity contribution in [3.8, 4) is 0 Å². The van der Waals surface area contributed by atoms with Crippen LogP contribution in [0.15, 0.2) is 59.2 Å². The molecule has 21 heavy (non-hydrogen) atoms. The van der Waals surface area contributed by atoms with Gasteiger partial charge < -0.3 is 0 Å². The van der Waals surface area contributed by atoms with Gasteiger partial charge in [-0.25, -0.2) is 0 Å². The molecule has 3 aromatic rings. The van der Waals surface area contributed by atoms with Gasteiger partial charge in [0.2, 0.25) is 0 Å². The van der Waals surface area contributed by atoms with E-state index >= 15 is 0 Å². The van der Waals surface area contributed by atoms with Gasteiger partial charge in [0.15, 0.2) is 5.78 Å². The third kappa shape index (κ3) is 2.99. The summed E-state index contributed by atoms with van der Waals surface area (Å²) in [5.74, 6) is 0.0397. The second-order valence-electron chi connectivity index (χ2n) is 4.71. The fraction of sp³-hybridized carbons (Fsp3) is 0.0588. The minimum Gasteiger partial charge on any atom is -0.294 e. The number of ketones is 1. The van der Waals surface area contributed by atoms with Crippen LogP contribution in [0.25, 0.3) is 10.9 Å². The Morgan fingerprint density at radius 2 is 1.95 bits per heavy atom. The van der Waals surface area contributed by atoms with Crippen molar-refractivity contribution >= 4 is 44.2 Å². The van der Waals surface area contributed by atoms with Crippen molar-refractivity contribution in [3.63, 3.8) is 0 Å². The van der Waals surface area contributed by atoms with Gasteiger partial charge in [0.25, 0.3) is 0 Å². The smallest absolute Gasteiger partial charge is 0.168 e. The molecule has 0 unspecified atom stereocenters. The molecule has 0 atom stereocenters. The predicted molar refractivity (Wildman–Crippen MR) is 88.9 cm³/mol. The van der Waals surface area contributed by atoms with Crippen molar-refractivity contribution in [1.82, 2.24) is 4.98 Å². The highest BCUT2D eigenvalue weighted by atomic mass is 79.9. The van der Waals surface area contributed by atoms with Gasteiger partial charge >= 0.3 is 0 Å². The van der Waals surface area contributed by atoms with E-state index < -0.39 is 0 Å². The van der Waals surface area contributed by atoms with Crippen LogP contribution in [0, 0.1) is 0 Å². The normalized spacial score (nSPS) is 10.8. The Morgan fingerprint density at radius 3 is 2.76 bits per heavy atom. The third-order valence-corrected chi connectivity index (χ3v) is 4.16. The van der Waals surface area contributed by atoms with Crippen LogP contribution in [-0.4, -0.2) is 10.8 Å². The molecule has 0 aliphatic rings. The van der Waals surface area contributed by atoms with Crippen LogP contribution < -0.4 is 0 Å². The quantitative estimate of drug-likeness (QED) is 0.610. The summed E-state index contributed by atoms with van der Waals surface area (Å²) in [6, 6.07) is 15.0. The zero-order chi connectivity index (χ0) is 14.8. The lowest BCUT2D eigenvalue weighted by atomic mass is 10.00. The molecule has 1 heterocycles. The first kappa shape index (κ1) is 14.2. The number of hydrogen-bond acceptors (Lipinski definition) is 2. The minimum atomic E-state index is 0.0397. The molecular formula is C17H11BrClNO. The average Bonchev–Trinajstić information content (AvgIpc) is 2.49. The van der Waals surface area contributed by atoms with Gasteiger partial charge in [-0.15, -0.1) is 0 Å². The first-order valence-corrected chi connectivity index (χ1v) is 7.63. The van der Waals surface area contributed by atoms with Crippen LogP contribution in [0.2, 0.25) is 5.02 Å². The Morgan fingerprint density at radius 1 is 1.14 bits per heavy atom. The summed E-state index contributed by atoms with van der Waals surface area (Å²) in [6.45, 7) is 0. The number of carbonyl (C=O) groups is 1. The number of hydrogen-bond donors (Lipinski definition) is 0. The summed E-state index contributed by atoms with van der Waals surface area (Å²) in [4.78, 5) is 16.8. The SMILES string of the molecule is O=C(Cc1ccc(Br)cc1Cl)c1ccnc2ccccc12. The van der Waals surface area contributed by atoms with E-state index in [0.29, 0.717) is 10.6 Å². The van der Waals surface area contributed by atoms with Crippen LogP contribution >= 0.6 is 27.5 Å². The lowest BCUT2D eigenvalue weighted by molar-refractivity contribution is 0.0994. The van der Waals surface area contributed by atoms with Crippen LogP contribution in [0.1, 0.15) is 15.9 Å². The maximum Gasteiger partial charge on any atom is 0.168 e. The largest absolute Gasteiger partial charge is 0.294 e. The van der Waals surface area contributed by atoms with E-state index in [1.807, 2.05) is 36.4 Å². The highest BCUT2D eigenvalue weighted by Crippen LogP contribution is 2.24. The lowest BCUT2D eigenvalue weighted by Crippen LogP contribution is -2.05. The standard InChI is InChI=1S/C17H11BrClNO/c18-12-6-5-11(15(19)10-12)9-17(21)14-7-8-20-16-4-2-1-3-13(14)16/h1-8,10H,9H2. The Labute approximate surface area is 135 Å². The van der Waals surface area contributed by atoms with E-state index in [4.69, 9.17) is 11.6 Å². The molecule has 104 valence electrons. The van der Waals surface area contributed by atoms with Crippen molar-refractivity contribution in [1.29, 1.82) is 0 Å². The van der Waals surface area contributed by atoms with Crippen molar-refractivity contribution in [2.24, 2.45) is 0 Å². The van der Waals surface area contributed by atoms with E-state index in [0.717, 1.165) is 20.9 Å². The van der Waals surface area contributed by atoms with Crippen molar-refractivity contribution in [2.45, 2.75) is 6.42 Å². The molecule has 0 bridgehead atoms. The van der Waals surface area contributed by atoms with E-state index in [-0.39, 0.29) is 12.2 Å². The van der Waals surface area contributed by atoms with Gasteiger partial charge in [0, 0.05) is 33.1 Å². The first-order valence-electron chi connectivity index (χ1n) is 6.46. The van der Waals surface area contributed by atoms with Gasteiger partial charge in [-0.3, -0.25) is 9.78 Å². The van der Waals surface area contributed by atoms with E-state index in [2.05, 4.69) is 20.9 Å². The highest BCUT2D eigenvalue weighted by Gasteiger charge is 2.13. The fourth-order valence-corrected chi connectivity index (χ4v) is 3.01. The molecule has 0 N–H and O–H groups in total. The Balaban J connectivity index is 1.97. The van der Waals surface area contributed by atoms with Gasteiger partial charge in [-0.05, 0) is 29.8 Å². The molecule has 2 aromatic carbocycles. The van der Waals surface area contributed by atoms with Crippen molar-refractivity contribution in [2.75, 3.05) is 0 Å². The average molecular weight is 361 g/mol. The van der Waals surface area contributed by atoms with E-state index in [9.17, 15) is 4.79 Å². The number of halogens is 2. The predicted octanol–water partition coefficient (Wildman–Crippen LogP) is 5.08. The molecule has 0 amide bonds. The molecule has 0 radical (unpaired) electrons. The second kappa shape index (κ2) is 5.96. The van der Waals surface area contributed by atoms with Crippen LogP contribution in [0.3, 0.4) is 0 Å². The number of fused-ring (bicyclic) bond motifs is 1. The van der Waals surface area contributed by atoms with Crippen LogP contribution in [0.4, 0.5) is 0 Å². The summed E-state index contributed by atoms with van der Waals surface area (Å²) in [7, 11) is 0. The molecule has 0 spiro atoms. The zero-order valence-electron chi connectivity index (χ0n) is 11.0. The number of rotatable bonds is 3. The molecule has 0 fully saturated rings. The summed E-state index contributed by atoms with van der Waals surface area (Å²) in [5.41, 5.74) is 2.33. The number of aromatic nitrogens is 1. The van der Waals surface area contributed by atoms with Crippen LogP contribution in [-0.2, 0) is 6.42 Å². The Bertz CT molecular complexity index is 827. The Hall–Kier alpha value is -1.71. The third-order valence-electron chi connectivity index (χ3n) is 3.32. The number of Topliss-reactive ketones (excluding diaryl/α,β-unsaturated/α-hetero) is 1. The Kier molecular flexibility index (Phi) is 4.04. The monoisotopic (exact) mass is 359 g/mol. The zero-order valence-corrected chi connectivity index (χ0v) is 13.4. The first-order chi connectivity index (χ1) is 10.1. The number of pyridine rings is 1. The van der Waals surface area contributed by atoms with Gasteiger partial charge in [-0.1, -0.05) is 51.8 Å². The summed E-state index contributed by atoms with van der Waals surface area (Å²) < 4.78 is 0.901. The van der Waals surface area contributed by atoms with E-state index in [1.54, 1.807) is 18.3 Å². The molecule has 2 nitrogen and oxygen atoms in total. The molecule has 0 saturated carbocycles. The topological polar surface area (TPSA) is 30.0 Å². The fourth-order valence-electron chi connectivity index (χ4n) is 2.27. The molecule has 1 aromatic heterocycles. The van der Waals surface area contributed by atoms with Crippen molar-refractivity contribution in [3.05, 3.63) is 75.4 Å². The molecule has 0 aliphatic carbocycles. The molecule has 4 heteroatoms. The summed E-state index contributed by atoms with van der Waals surface area (Å²) >= 11 is 9.55. The number of para-hydroxylation sites is 1. The van der Waals surface area contributed by atoms with Crippen molar-refractivity contribution < 1.29 is 4.79 Å².